The standard InChI is InChI=1S/C21H16ClNO2/c1-13-6-8-18(17(22)10-13)23-20(24)11-15-12-25-19-9-7-14-4-2-3-5-16(14)21(15)19/h2-10,12H,11H2,1H3,(H,23,24). The van der Waals surface area contributed by atoms with Gasteiger partial charge in [0, 0.05) is 10.9 Å². The lowest BCUT2D eigenvalue weighted by molar-refractivity contribution is -0.115. The normalized spacial score (nSPS) is 11.1. The maximum Gasteiger partial charge on any atom is 0.228 e. The van der Waals surface area contributed by atoms with E-state index in [1.165, 1.54) is 0 Å². The Hall–Kier alpha value is -2.78. The van der Waals surface area contributed by atoms with Crippen LogP contribution in [0.4, 0.5) is 5.69 Å². The average molecular weight is 350 g/mol. The van der Waals surface area contributed by atoms with E-state index in [-0.39, 0.29) is 12.3 Å². The van der Waals surface area contributed by atoms with Crippen molar-refractivity contribution < 1.29 is 9.21 Å². The Kier molecular flexibility index (Phi) is 3.94. The highest BCUT2D eigenvalue weighted by molar-refractivity contribution is 6.33. The van der Waals surface area contributed by atoms with Gasteiger partial charge in [-0.05, 0) is 41.5 Å². The Bertz CT molecular complexity index is 1100. The van der Waals surface area contributed by atoms with Gasteiger partial charge in [0.1, 0.15) is 5.58 Å². The van der Waals surface area contributed by atoms with Crippen molar-refractivity contribution in [3.63, 3.8) is 0 Å². The van der Waals surface area contributed by atoms with Crippen LogP contribution in [0.2, 0.25) is 5.02 Å². The van der Waals surface area contributed by atoms with Crippen LogP contribution in [0.15, 0.2) is 65.3 Å². The molecule has 0 bridgehead atoms. The van der Waals surface area contributed by atoms with Crippen LogP contribution >= 0.6 is 11.6 Å². The summed E-state index contributed by atoms with van der Waals surface area (Å²) in [6, 6.07) is 17.6. The number of hydrogen-bond donors (Lipinski definition) is 1. The van der Waals surface area contributed by atoms with Gasteiger partial charge in [0.25, 0.3) is 0 Å². The van der Waals surface area contributed by atoms with Gasteiger partial charge in [-0.1, -0.05) is 48.0 Å². The fourth-order valence-electron chi connectivity index (χ4n) is 3.09. The van der Waals surface area contributed by atoms with E-state index in [4.69, 9.17) is 16.0 Å². The van der Waals surface area contributed by atoms with Gasteiger partial charge in [-0.2, -0.15) is 0 Å². The number of furan rings is 1. The average Bonchev–Trinajstić information content (AvgIpc) is 3.01. The van der Waals surface area contributed by atoms with Crippen LogP contribution in [0.5, 0.6) is 0 Å². The molecule has 0 aliphatic carbocycles. The maximum absolute atomic E-state index is 12.5. The Balaban J connectivity index is 1.66. The molecule has 0 radical (unpaired) electrons. The van der Waals surface area contributed by atoms with E-state index in [2.05, 4.69) is 11.4 Å². The zero-order valence-corrected chi connectivity index (χ0v) is 14.4. The molecule has 0 atom stereocenters. The molecule has 1 heterocycles. The number of carbonyl (C=O) groups excluding carboxylic acids is 1. The quantitative estimate of drug-likeness (QED) is 0.513. The number of fused-ring (bicyclic) bond motifs is 3. The third-order valence-electron chi connectivity index (χ3n) is 4.29. The number of nitrogens with one attached hydrogen (secondary N) is 1. The zero-order chi connectivity index (χ0) is 17.4. The van der Waals surface area contributed by atoms with Crippen LogP contribution in [0, 0.1) is 6.92 Å². The molecule has 4 heteroatoms. The first kappa shape index (κ1) is 15.7. The van der Waals surface area contributed by atoms with Crippen molar-refractivity contribution >= 4 is 44.9 Å². The fraction of sp³-hybridized carbons (Fsp3) is 0.0952. The fourth-order valence-corrected chi connectivity index (χ4v) is 3.38. The summed E-state index contributed by atoms with van der Waals surface area (Å²) >= 11 is 6.20. The van der Waals surface area contributed by atoms with E-state index in [1.54, 1.807) is 6.26 Å². The summed E-state index contributed by atoms with van der Waals surface area (Å²) < 4.78 is 5.64. The molecule has 124 valence electrons. The summed E-state index contributed by atoms with van der Waals surface area (Å²) in [5.41, 5.74) is 3.33. The molecule has 4 rings (SSSR count). The van der Waals surface area contributed by atoms with E-state index < -0.39 is 0 Å². The minimum atomic E-state index is -0.124. The van der Waals surface area contributed by atoms with E-state index >= 15 is 0 Å². The number of halogens is 1. The molecule has 4 aromatic rings. The molecule has 3 nitrogen and oxygen atoms in total. The predicted octanol–water partition coefficient (Wildman–Crippen LogP) is 5.73. The van der Waals surface area contributed by atoms with E-state index in [1.807, 2.05) is 55.5 Å². The van der Waals surface area contributed by atoms with Crippen LogP contribution in [-0.4, -0.2) is 5.91 Å². The van der Waals surface area contributed by atoms with Crippen molar-refractivity contribution in [3.8, 4) is 0 Å². The summed E-state index contributed by atoms with van der Waals surface area (Å²) in [5, 5.41) is 6.62. The highest BCUT2D eigenvalue weighted by atomic mass is 35.5. The van der Waals surface area contributed by atoms with Gasteiger partial charge in [-0.15, -0.1) is 0 Å². The summed E-state index contributed by atoms with van der Waals surface area (Å²) in [7, 11) is 0. The maximum atomic E-state index is 12.5. The number of hydrogen-bond acceptors (Lipinski definition) is 2. The van der Waals surface area contributed by atoms with Gasteiger partial charge in [0.2, 0.25) is 5.91 Å². The third-order valence-corrected chi connectivity index (χ3v) is 4.60. The SMILES string of the molecule is Cc1ccc(NC(=O)Cc2coc3ccc4ccccc4c23)c(Cl)c1. The lowest BCUT2D eigenvalue weighted by Gasteiger charge is -2.08. The second kappa shape index (κ2) is 6.26. The van der Waals surface area contributed by atoms with E-state index in [9.17, 15) is 4.79 Å². The second-order valence-corrected chi connectivity index (χ2v) is 6.54. The van der Waals surface area contributed by atoms with Gasteiger partial charge in [0.15, 0.2) is 0 Å². The second-order valence-electron chi connectivity index (χ2n) is 6.13. The van der Waals surface area contributed by atoms with E-state index in [0.29, 0.717) is 10.7 Å². The lowest BCUT2D eigenvalue weighted by Crippen LogP contribution is -2.14. The zero-order valence-electron chi connectivity index (χ0n) is 13.7. The van der Waals surface area contributed by atoms with Crippen LogP contribution in [0.3, 0.4) is 0 Å². The first-order chi connectivity index (χ1) is 12.1. The highest BCUT2D eigenvalue weighted by Crippen LogP contribution is 2.30. The molecule has 1 N–H and O–H groups in total. The van der Waals surface area contributed by atoms with Gasteiger partial charge in [-0.25, -0.2) is 0 Å². The smallest absolute Gasteiger partial charge is 0.228 e. The highest BCUT2D eigenvalue weighted by Gasteiger charge is 2.14. The molecular weight excluding hydrogens is 334 g/mol. The molecule has 0 fully saturated rings. The molecule has 0 aliphatic heterocycles. The third kappa shape index (κ3) is 2.99. The van der Waals surface area contributed by atoms with Crippen molar-refractivity contribution in [2.45, 2.75) is 13.3 Å². The van der Waals surface area contributed by atoms with Crippen molar-refractivity contribution in [3.05, 3.63) is 77.0 Å². The summed E-state index contributed by atoms with van der Waals surface area (Å²) in [4.78, 5) is 12.5. The number of carbonyl (C=O) groups is 1. The number of aryl methyl sites for hydroxylation is 1. The Labute approximate surface area is 150 Å². The first-order valence-electron chi connectivity index (χ1n) is 8.05. The molecule has 1 amide bonds. The Morgan fingerprint density at radius 3 is 2.80 bits per heavy atom. The minimum absolute atomic E-state index is 0.124. The molecular formula is C21H16ClNO2. The summed E-state index contributed by atoms with van der Waals surface area (Å²) in [6.45, 7) is 1.96. The van der Waals surface area contributed by atoms with Crippen LogP contribution in [0.1, 0.15) is 11.1 Å². The minimum Gasteiger partial charge on any atom is -0.464 e. The molecule has 1 aromatic heterocycles. The van der Waals surface area contributed by atoms with Crippen LogP contribution in [0.25, 0.3) is 21.7 Å². The predicted molar refractivity (Wildman–Crippen MR) is 102 cm³/mol. The lowest BCUT2D eigenvalue weighted by atomic mass is 10.0. The van der Waals surface area contributed by atoms with Gasteiger partial charge in [0.05, 0.1) is 23.4 Å². The molecule has 0 saturated carbocycles. The monoisotopic (exact) mass is 349 g/mol. The molecule has 0 saturated heterocycles. The number of rotatable bonds is 3. The molecule has 0 aliphatic rings. The summed E-state index contributed by atoms with van der Waals surface area (Å²) in [5.74, 6) is -0.124. The molecule has 25 heavy (non-hydrogen) atoms. The molecule has 0 unspecified atom stereocenters. The van der Waals surface area contributed by atoms with E-state index in [0.717, 1.165) is 32.9 Å². The van der Waals surface area contributed by atoms with Gasteiger partial charge in [-0.3, -0.25) is 4.79 Å². The largest absolute Gasteiger partial charge is 0.464 e. The van der Waals surface area contributed by atoms with Gasteiger partial charge >= 0.3 is 0 Å². The van der Waals surface area contributed by atoms with Crippen molar-refractivity contribution in [1.82, 2.24) is 0 Å². The van der Waals surface area contributed by atoms with Crippen molar-refractivity contribution in [2.75, 3.05) is 5.32 Å². The molecule has 3 aromatic carbocycles. The molecule has 0 spiro atoms. The Morgan fingerprint density at radius 2 is 1.96 bits per heavy atom. The number of benzene rings is 3. The first-order valence-corrected chi connectivity index (χ1v) is 8.43. The van der Waals surface area contributed by atoms with Crippen molar-refractivity contribution in [1.29, 1.82) is 0 Å². The number of amides is 1. The topological polar surface area (TPSA) is 42.2 Å². The van der Waals surface area contributed by atoms with Crippen molar-refractivity contribution in [2.24, 2.45) is 0 Å². The summed E-state index contributed by atoms with van der Waals surface area (Å²) in [6.07, 6.45) is 1.89. The van der Waals surface area contributed by atoms with Gasteiger partial charge < -0.3 is 9.73 Å². The number of anilines is 1. The van der Waals surface area contributed by atoms with Crippen LogP contribution in [-0.2, 0) is 11.2 Å². The van der Waals surface area contributed by atoms with Crippen LogP contribution < -0.4 is 5.32 Å². The Morgan fingerprint density at radius 1 is 1.12 bits per heavy atom.